The number of H-pyrrole nitrogens is 1. The second kappa shape index (κ2) is 6.15. The van der Waals surface area contributed by atoms with E-state index >= 15 is 0 Å². The molecule has 0 fully saturated rings. The first-order valence-electron chi connectivity index (χ1n) is 5.64. The van der Waals surface area contributed by atoms with Gasteiger partial charge in [0.1, 0.15) is 5.54 Å². The van der Waals surface area contributed by atoms with Crippen LogP contribution in [0.25, 0.3) is 0 Å². The van der Waals surface area contributed by atoms with Gasteiger partial charge in [0.05, 0.1) is 6.33 Å². The molecule has 1 heterocycles. The van der Waals surface area contributed by atoms with Crippen LogP contribution in [-0.4, -0.2) is 46.1 Å². The highest BCUT2D eigenvalue weighted by molar-refractivity contribution is 5.86. The van der Waals surface area contributed by atoms with Crippen molar-refractivity contribution in [2.24, 2.45) is 0 Å². The number of aliphatic carboxylic acids is 1. The number of aromatic amines is 1. The summed E-state index contributed by atoms with van der Waals surface area (Å²) < 4.78 is 0. The van der Waals surface area contributed by atoms with Gasteiger partial charge in [0.2, 0.25) is 5.91 Å². The van der Waals surface area contributed by atoms with Gasteiger partial charge < -0.3 is 20.7 Å². The Morgan fingerprint density at radius 1 is 1.56 bits per heavy atom. The lowest BCUT2D eigenvalue weighted by Crippen LogP contribution is -2.54. The Bertz CT molecular complexity index is 404. The van der Waals surface area contributed by atoms with Gasteiger partial charge in [-0.25, -0.2) is 9.78 Å². The molecule has 1 amide bonds. The molecule has 18 heavy (non-hydrogen) atoms. The fourth-order valence-corrected chi connectivity index (χ4v) is 1.54. The molecule has 7 heteroatoms. The monoisotopic (exact) mass is 254 g/mol. The Kier molecular flexibility index (Phi) is 4.85. The molecule has 1 unspecified atom stereocenters. The number of hydrogen-bond donors (Lipinski definition) is 4. The topological polar surface area (TPSA) is 107 Å². The number of nitrogens with zero attached hydrogens (tertiary/aromatic N) is 1. The van der Waals surface area contributed by atoms with Crippen molar-refractivity contribution in [1.29, 1.82) is 0 Å². The molecule has 7 nitrogen and oxygen atoms in total. The minimum absolute atomic E-state index is 0.160. The molecule has 1 rings (SSSR count). The predicted octanol–water partition coefficient (Wildman–Crippen LogP) is -0.479. The summed E-state index contributed by atoms with van der Waals surface area (Å²) in [6.07, 6.45) is 3.41. The van der Waals surface area contributed by atoms with Crippen LogP contribution >= 0.6 is 0 Å². The Labute approximate surface area is 105 Å². The molecule has 0 radical (unpaired) electrons. The van der Waals surface area contributed by atoms with Crippen LogP contribution in [0.2, 0.25) is 0 Å². The number of imidazole rings is 1. The third kappa shape index (κ3) is 3.85. The summed E-state index contributed by atoms with van der Waals surface area (Å²) in [5.41, 5.74) is -0.675. The van der Waals surface area contributed by atoms with E-state index in [1.54, 1.807) is 13.2 Å². The van der Waals surface area contributed by atoms with E-state index in [0.29, 0.717) is 12.2 Å². The molecule has 0 aliphatic carbocycles. The smallest absolute Gasteiger partial charge is 0.329 e. The number of carbonyl (C=O) groups excluding carboxylic acids is 1. The number of carboxylic acids is 1. The average Bonchev–Trinajstić information content (AvgIpc) is 2.78. The van der Waals surface area contributed by atoms with Gasteiger partial charge in [-0.05, 0) is 14.0 Å². The standard InChI is InChI=1S/C11H18N4O3/c1-11(10(17)18,5-8-6-13-7-14-8)15-9(16)3-4-12-2/h6-7,12H,3-5H2,1-2H3,(H,13,14)(H,15,16)(H,17,18). The molecule has 4 N–H and O–H groups in total. The van der Waals surface area contributed by atoms with E-state index in [1.807, 2.05) is 0 Å². The zero-order valence-electron chi connectivity index (χ0n) is 10.5. The Morgan fingerprint density at radius 3 is 2.78 bits per heavy atom. The average molecular weight is 254 g/mol. The fraction of sp³-hybridized carbons (Fsp3) is 0.545. The maximum Gasteiger partial charge on any atom is 0.329 e. The Hall–Kier alpha value is -1.89. The van der Waals surface area contributed by atoms with Gasteiger partial charge in [-0.2, -0.15) is 0 Å². The van der Waals surface area contributed by atoms with Crippen molar-refractivity contribution in [3.63, 3.8) is 0 Å². The Balaban J connectivity index is 2.68. The zero-order valence-corrected chi connectivity index (χ0v) is 10.5. The third-order valence-corrected chi connectivity index (χ3v) is 2.59. The molecular formula is C11H18N4O3. The molecule has 0 aromatic carbocycles. The van der Waals surface area contributed by atoms with Gasteiger partial charge >= 0.3 is 5.97 Å². The van der Waals surface area contributed by atoms with Gasteiger partial charge in [0.25, 0.3) is 0 Å². The molecule has 1 aromatic heterocycles. The zero-order chi connectivity index (χ0) is 13.6. The summed E-state index contributed by atoms with van der Waals surface area (Å²) in [5, 5.41) is 14.6. The maximum absolute atomic E-state index is 11.6. The predicted molar refractivity (Wildman–Crippen MR) is 65.0 cm³/mol. The normalized spacial score (nSPS) is 13.9. The van der Waals surface area contributed by atoms with Crippen molar-refractivity contribution in [3.8, 4) is 0 Å². The number of amides is 1. The molecule has 0 saturated heterocycles. The van der Waals surface area contributed by atoms with Crippen molar-refractivity contribution in [2.45, 2.75) is 25.3 Å². The van der Waals surface area contributed by atoms with Crippen LogP contribution in [0, 0.1) is 0 Å². The largest absolute Gasteiger partial charge is 0.480 e. The highest BCUT2D eigenvalue weighted by Crippen LogP contribution is 2.12. The second-order valence-corrected chi connectivity index (χ2v) is 4.29. The van der Waals surface area contributed by atoms with Crippen LogP contribution in [0.5, 0.6) is 0 Å². The van der Waals surface area contributed by atoms with Crippen molar-refractivity contribution >= 4 is 11.9 Å². The van der Waals surface area contributed by atoms with Crippen LogP contribution in [0.4, 0.5) is 0 Å². The first kappa shape index (κ1) is 14.2. The van der Waals surface area contributed by atoms with Gasteiger partial charge in [-0.1, -0.05) is 0 Å². The molecular weight excluding hydrogens is 236 g/mol. The van der Waals surface area contributed by atoms with Crippen molar-refractivity contribution in [2.75, 3.05) is 13.6 Å². The lowest BCUT2D eigenvalue weighted by atomic mass is 9.96. The van der Waals surface area contributed by atoms with Crippen LogP contribution in [-0.2, 0) is 16.0 Å². The Morgan fingerprint density at radius 2 is 2.28 bits per heavy atom. The lowest BCUT2D eigenvalue weighted by Gasteiger charge is -2.25. The minimum atomic E-state index is -1.34. The van der Waals surface area contributed by atoms with Crippen LogP contribution in [0.1, 0.15) is 19.0 Å². The van der Waals surface area contributed by atoms with Crippen molar-refractivity contribution in [1.82, 2.24) is 20.6 Å². The number of carbonyl (C=O) groups is 2. The van der Waals surface area contributed by atoms with Gasteiger partial charge in [-0.3, -0.25) is 4.79 Å². The maximum atomic E-state index is 11.6. The molecule has 100 valence electrons. The van der Waals surface area contributed by atoms with Crippen LogP contribution in [0.15, 0.2) is 12.5 Å². The van der Waals surface area contributed by atoms with Gasteiger partial charge in [0.15, 0.2) is 0 Å². The van der Waals surface area contributed by atoms with E-state index in [2.05, 4.69) is 20.6 Å². The quantitative estimate of drug-likeness (QED) is 0.526. The SMILES string of the molecule is CNCCC(=O)NC(C)(Cc1cnc[nH]1)C(=O)O. The van der Waals surface area contributed by atoms with Crippen LogP contribution < -0.4 is 10.6 Å². The molecule has 1 aromatic rings. The number of nitrogens with one attached hydrogen (secondary N) is 3. The van der Waals surface area contributed by atoms with E-state index in [4.69, 9.17) is 0 Å². The van der Waals surface area contributed by atoms with Crippen molar-refractivity contribution < 1.29 is 14.7 Å². The summed E-state index contributed by atoms with van der Waals surface area (Å²) >= 11 is 0. The molecule has 1 atom stereocenters. The highest BCUT2D eigenvalue weighted by atomic mass is 16.4. The van der Waals surface area contributed by atoms with E-state index in [0.717, 1.165) is 0 Å². The van der Waals surface area contributed by atoms with E-state index in [-0.39, 0.29) is 18.7 Å². The first-order valence-corrected chi connectivity index (χ1v) is 5.64. The van der Waals surface area contributed by atoms with E-state index in [9.17, 15) is 14.7 Å². The molecule has 0 saturated carbocycles. The van der Waals surface area contributed by atoms with Gasteiger partial charge in [0, 0.05) is 31.3 Å². The number of hydrogen-bond acceptors (Lipinski definition) is 4. The second-order valence-electron chi connectivity index (χ2n) is 4.29. The lowest BCUT2D eigenvalue weighted by molar-refractivity contribution is -0.146. The number of aromatic nitrogens is 2. The van der Waals surface area contributed by atoms with Crippen LogP contribution in [0.3, 0.4) is 0 Å². The molecule has 0 spiro atoms. The molecule has 0 aliphatic heterocycles. The van der Waals surface area contributed by atoms with E-state index < -0.39 is 11.5 Å². The summed E-state index contributed by atoms with van der Waals surface area (Å²) in [4.78, 5) is 29.6. The van der Waals surface area contributed by atoms with E-state index in [1.165, 1.54) is 13.3 Å². The number of rotatable bonds is 7. The summed E-state index contributed by atoms with van der Waals surface area (Å²) in [5.74, 6) is -1.37. The highest BCUT2D eigenvalue weighted by Gasteiger charge is 2.35. The fourth-order valence-electron chi connectivity index (χ4n) is 1.54. The summed E-state index contributed by atoms with van der Waals surface area (Å²) in [6, 6.07) is 0. The minimum Gasteiger partial charge on any atom is -0.480 e. The summed E-state index contributed by atoms with van der Waals surface area (Å²) in [7, 11) is 1.73. The summed E-state index contributed by atoms with van der Waals surface area (Å²) in [6.45, 7) is 1.99. The first-order chi connectivity index (χ1) is 8.48. The third-order valence-electron chi connectivity index (χ3n) is 2.59. The van der Waals surface area contributed by atoms with Crippen molar-refractivity contribution in [3.05, 3.63) is 18.2 Å². The molecule has 0 aliphatic rings. The van der Waals surface area contributed by atoms with Gasteiger partial charge in [-0.15, -0.1) is 0 Å². The molecule has 0 bridgehead atoms. The number of carboxylic acid groups (broad SMARTS) is 1.